The van der Waals surface area contributed by atoms with Crippen LogP contribution in [0.2, 0.25) is 0 Å². The second-order valence-corrected chi connectivity index (χ2v) is 8.29. The Kier molecular flexibility index (Phi) is 8.69. The molecule has 0 saturated carbocycles. The van der Waals surface area contributed by atoms with Gasteiger partial charge in [0.05, 0.1) is 6.61 Å². The van der Waals surface area contributed by atoms with Gasteiger partial charge in [0.25, 0.3) is 5.95 Å². The zero-order valence-corrected chi connectivity index (χ0v) is 21.7. The molecule has 0 bridgehead atoms. The zero-order valence-electron chi connectivity index (χ0n) is 21.7. The second kappa shape index (κ2) is 12.5. The molecule has 2 aromatic carbocycles. The summed E-state index contributed by atoms with van der Waals surface area (Å²) >= 11 is 0. The summed E-state index contributed by atoms with van der Waals surface area (Å²) in [5, 5.41) is 15.1. The molecule has 208 valence electrons. The number of nitrogens with zero attached hydrogens (tertiary/aromatic N) is 4. The van der Waals surface area contributed by atoms with Crippen LogP contribution in [0.1, 0.15) is 36.8 Å². The summed E-state index contributed by atoms with van der Waals surface area (Å²) in [7, 11) is 0. The first-order valence-corrected chi connectivity index (χ1v) is 12.2. The molecule has 5 N–H and O–H groups in total. The van der Waals surface area contributed by atoms with E-state index < -0.39 is 23.5 Å². The van der Waals surface area contributed by atoms with Crippen LogP contribution in [0.3, 0.4) is 0 Å². The van der Waals surface area contributed by atoms with Crippen LogP contribution >= 0.6 is 0 Å². The van der Waals surface area contributed by atoms with Gasteiger partial charge in [0.15, 0.2) is 17.4 Å². The normalized spacial score (nSPS) is 11.5. The van der Waals surface area contributed by atoms with E-state index in [4.69, 9.17) is 25.4 Å². The number of esters is 1. The standard InChI is InChI=1S/C26H27FN8O5/c1-3-38-18-13-19(21(27)20(14-18)40-12-11-39-15(2)36)22(32-17-7-5-16(6-8-17)23(28)29)24-33-26(37)35(34-24)25-30-9-4-10-31-25/h4-10,13-14,22,32H,3,11-12H2,1-2H3,(H3,28,29)(H,33,34,37)/t22-/m0/s1. The number of hydrogen-bond donors (Lipinski definition) is 4. The summed E-state index contributed by atoms with van der Waals surface area (Å²) in [6.45, 7) is 3.14. The minimum absolute atomic E-state index is 0.0255. The van der Waals surface area contributed by atoms with Crippen LogP contribution in [0.15, 0.2) is 59.7 Å². The maximum Gasteiger partial charge on any atom is 0.350 e. The van der Waals surface area contributed by atoms with Crippen molar-refractivity contribution >= 4 is 17.5 Å². The van der Waals surface area contributed by atoms with Gasteiger partial charge in [-0.2, -0.15) is 0 Å². The van der Waals surface area contributed by atoms with Crippen LogP contribution in [-0.2, 0) is 9.53 Å². The molecule has 2 heterocycles. The Morgan fingerprint density at radius 1 is 1.18 bits per heavy atom. The van der Waals surface area contributed by atoms with Gasteiger partial charge in [0.2, 0.25) is 0 Å². The molecule has 0 fully saturated rings. The number of nitrogens with two attached hydrogens (primary N) is 1. The number of aromatic amines is 1. The minimum Gasteiger partial charge on any atom is -0.494 e. The molecule has 0 saturated heterocycles. The summed E-state index contributed by atoms with van der Waals surface area (Å²) in [5.41, 5.74) is 5.97. The fourth-order valence-corrected chi connectivity index (χ4v) is 3.71. The van der Waals surface area contributed by atoms with E-state index in [1.165, 1.54) is 31.5 Å². The van der Waals surface area contributed by atoms with Crippen LogP contribution < -0.4 is 26.2 Å². The Bertz CT molecular complexity index is 1540. The summed E-state index contributed by atoms with van der Waals surface area (Å²) in [4.78, 5) is 34.7. The van der Waals surface area contributed by atoms with Crippen molar-refractivity contribution in [3.63, 3.8) is 0 Å². The molecule has 0 radical (unpaired) electrons. The number of benzene rings is 2. The number of amidine groups is 1. The van der Waals surface area contributed by atoms with E-state index in [1.54, 1.807) is 37.3 Å². The number of hydrogen-bond acceptors (Lipinski definition) is 10. The monoisotopic (exact) mass is 550 g/mol. The van der Waals surface area contributed by atoms with Crippen molar-refractivity contribution in [3.05, 3.63) is 88.1 Å². The highest BCUT2D eigenvalue weighted by Crippen LogP contribution is 2.35. The van der Waals surface area contributed by atoms with Gasteiger partial charge in [-0.1, -0.05) is 0 Å². The van der Waals surface area contributed by atoms with E-state index in [9.17, 15) is 9.59 Å². The Morgan fingerprint density at radius 2 is 1.90 bits per heavy atom. The number of rotatable bonds is 12. The topological polar surface area (TPSA) is 183 Å². The van der Waals surface area contributed by atoms with E-state index in [2.05, 4.69) is 25.4 Å². The van der Waals surface area contributed by atoms with Crippen molar-refractivity contribution in [2.75, 3.05) is 25.1 Å². The molecule has 13 nitrogen and oxygen atoms in total. The molecular weight excluding hydrogens is 523 g/mol. The van der Waals surface area contributed by atoms with Gasteiger partial charge in [-0.25, -0.2) is 19.2 Å². The molecule has 0 aliphatic carbocycles. The van der Waals surface area contributed by atoms with Gasteiger partial charge in [-0.3, -0.25) is 15.2 Å². The lowest BCUT2D eigenvalue weighted by atomic mass is 10.0. The summed E-state index contributed by atoms with van der Waals surface area (Å²) in [6.07, 6.45) is 2.92. The van der Waals surface area contributed by atoms with E-state index in [-0.39, 0.29) is 42.1 Å². The highest BCUT2D eigenvalue weighted by atomic mass is 19.1. The summed E-state index contributed by atoms with van der Waals surface area (Å²) in [6, 6.07) is 9.93. The largest absolute Gasteiger partial charge is 0.494 e. The molecular formula is C26H27FN8O5. The number of nitrogen functional groups attached to an aromatic ring is 1. The van der Waals surface area contributed by atoms with Crippen LogP contribution in [0.25, 0.3) is 5.95 Å². The first-order valence-electron chi connectivity index (χ1n) is 12.2. The Balaban J connectivity index is 1.79. The fourth-order valence-electron chi connectivity index (χ4n) is 3.71. The number of ether oxygens (including phenoxy) is 3. The number of carbonyl (C=O) groups excluding carboxylic acids is 1. The number of anilines is 1. The van der Waals surface area contributed by atoms with E-state index in [0.29, 0.717) is 23.6 Å². The van der Waals surface area contributed by atoms with Crippen molar-refractivity contribution in [2.24, 2.45) is 5.73 Å². The third-order valence-electron chi connectivity index (χ3n) is 5.47. The molecule has 0 aliphatic heterocycles. The van der Waals surface area contributed by atoms with Crippen LogP contribution in [0.4, 0.5) is 10.1 Å². The van der Waals surface area contributed by atoms with Crippen LogP contribution in [0.5, 0.6) is 11.5 Å². The third-order valence-corrected chi connectivity index (χ3v) is 5.47. The first kappa shape index (κ1) is 27.8. The lowest BCUT2D eigenvalue weighted by Crippen LogP contribution is -2.18. The number of H-pyrrole nitrogens is 1. The second-order valence-electron chi connectivity index (χ2n) is 8.29. The number of carbonyl (C=O) groups is 1. The van der Waals surface area contributed by atoms with Gasteiger partial charge in [-0.05, 0) is 43.3 Å². The van der Waals surface area contributed by atoms with Crippen molar-refractivity contribution < 1.29 is 23.4 Å². The average molecular weight is 551 g/mol. The fraction of sp³-hybridized carbons (Fsp3) is 0.231. The molecule has 0 aliphatic rings. The predicted octanol–water partition coefficient (Wildman–Crippen LogP) is 2.32. The SMILES string of the molecule is CCOc1cc(OCCOC(C)=O)c(F)c([C@H](Nc2ccc(C(=N)N)cc2)c2nn(-c3ncccn3)c(=O)[nH]2)c1. The van der Waals surface area contributed by atoms with E-state index >= 15 is 4.39 Å². The molecule has 2 aromatic heterocycles. The van der Waals surface area contributed by atoms with Gasteiger partial charge in [0, 0.05) is 42.2 Å². The molecule has 0 unspecified atom stereocenters. The Hall–Kier alpha value is -5.27. The molecule has 4 rings (SSSR count). The molecule has 4 aromatic rings. The highest BCUT2D eigenvalue weighted by molar-refractivity contribution is 5.95. The Labute approximate surface area is 227 Å². The Morgan fingerprint density at radius 3 is 2.55 bits per heavy atom. The third kappa shape index (κ3) is 6.59. The smallest absolute Gasteiger partial charge is 0.350 e. The predicted molar refractivity (Wildman–Crippen MR) is 142 cm³/mol. The maximum absolute atomic E-state index is 16.0. The van der Waals surface area contributed by atoms with Crippen molar-refractivity contribution in [1.29, 1.82) is 5.41 Å². The zero-order chi connectivity index (χ0) is 28.6. The molecule has 14 heteroatoms. The highest BCUT2D eigenvalue weighted by Gasteiger charge is 2.27. The van der Waals surface area contributed by atoms with Crippen molar-refractivity contribution in [1.82, 2.24) is 24.7 Å². The number of aromatic nitrogens is 5. The molecule has 0 amide bonds. The van der Waals surface area contributed by atoms with E-state index in [0.717, 1.165) is 4.68 Å². The van der Waals surface area contributed by atoms with Crippen LogP contribution in [-0.4, -0.2) is 56.4 Å². The quantitative estimate of drug-likeness (QED) is 0.0883. The minimum atomic E-state index is -1.06. The summed E-state index contributed by atoms with van der Waals surface area (Å²) < 4.78 is 33.1. The van der Waals surface area contributed by atoms with Gasteiger partial charge >= 0.3 is 11.7 Å². The number of halogens is 1. The molecule has 1 atom stereocenters. The maximum atomic E-state index is 16.0. The van der Waals surface area contributed by atoms with Crippen molar-refractivity contribution in [2.45, 2.75) is 19.9 Å². The van der Waals surface area contributed by atoms with E-state index in [1.807, 2.05) is 0 Å². The van der Waals surface area contributed by atoms with Crippen LogP contribution in [0, 0.1) is 11.2 Å². The van der Waals surface area contributed by atoms with Gasteiger partial charge in [0.1, 0.15) is 30.8 Å². The van der Waals surface area contributed by atoms with Crippen molar-refractivity contribution in [3.8, 4) is 17.4 Å². The summed E-state index contributed by atoms with van der Waals surface area (Å²) in [5.74, 6) is -1.14. The van der Waals surface area contributed by atoms with Gasteiger partial charge < -0.3 is 25.3 Å². The van der Waals surface area contributed by atoms with Gasteiger partial charge in [-0.15, -0.1) is 9.78 Å². The lowest BCUT2D eigenvalue weighted by molar-refractivity contribution is -0.141. The average Bonchev–Trinajstić information content (AvgIpc) is 3.33. The lowest BCUT2D eigenvalue weighted by Gasteiger charge is -2.21. The molecule has 40 heavy (non-hydrogen) atoms. The first-order chi connectivity index (χ1) is 19.3. The number of nitrogens with one attached hydrogen (secondary N) is 3. The molecule has 0 spiro atoms.